The molecule has 0 atom stereocenters. The van der Waals surface area contributed by atoms with Gasteiger partial charge in [0, 0.05) is 18.9 Å². The van der Waals surface area contributed by atoms with Crippen LogP contribution in [0.2, 0.25) is 0 Å². The van der Waals surface area contributed by atoms with E-state index in [-0.39, 0.29) is 0 Å². The number of benzene rings is 1. The molecule has 0 aliphatic heterocycles. The van der Waals surface area contributed by atoms with Gasteiger partial charge in [-0.25, -0.2) is 15.0 Å². The first kappa shape index (κ1) is 16.7. The third-order valence-electron chi connectivity index (χ3n) is 4.07. The minimum Gasteiger partial charge on any atom is -0.364 e. The second kappa shape index (κ2) is 6.02. The molecule has 0 saturated heterocycles. The quantitative estimate of drug-likeness (QED) is 0.738. The smallest absolute Gasteiger partial charge is 0.165 e. The van der Waals surface area contributed by atoms with E-state index in [1.807, 2.05) is 49.7 Å². The normalized spacial score (nSPS) is 11.9. The van der Waals surface area contributed by atoms with Crippen molar-refractivity contribution in [3.05, 3.63) is 41.5 Å². The van der Waals surface area contributed by atoms with Crippen LogP contribution in [0.1, 0.15) is 17.2 Å². The Kier molecular flexibility index (Phi) is 4.18. The fraction of sp³-hybridized carbons (Fsp3) is 0.353. The highest BCUT2D eigenvalue weighted by atomic mass is 31.2. The highest BCUT2D eigenvalue weighted by molar-refractivity contribution is 7.70. The molecule has 1 N–H and O–H groups in total. The van der Waals surface area contributed by atoms with Gasteiger partial charge in [0.1, 0.15) is 18.8 Å². The lowest BCUT2D eigenvalue weighted by atomic mass is 10.2. The van der Waals surface area contributed by atoms with Crippen LogP contribution in [0, 0.1) is 13.8 Å². The summed E-state index contributed by atoms with van der Waals surface area (Å²) in [7, 11) is -0.259. The molecule has 0 aliphatic rings. The predicted octanol–water partition coefficient (Wildman–Crippen LogP) is 2.84. The van der Waals surface area contributed by atoms with Gasteiger partial charge in [-0.15, -0.1) is 0 Å². The summed E-state index contributed by atoms with van der Waals surface area (Å²) in [6.07, 6.45) is 0. The number of aryl methyl sites for hydroxylation is 3. The number of rotatable bonds is 4. The van der Waals surface area contributed by atoms with Crippen molar-refractivity contribution < 1.29 is 4.57 Å². The van der Waals surface area contributed by atoms with Crippen molar-refractivity contribution in [2.24, 2.45) is 7.05 Å². The molecular formula is C17H22N5OP. The van der Waals surface area contributed by atoms with Gasteiger partial charge in [-0.2, -0.15) is 0 Å². The van der Waals surface area contributed by atoms with E-state index in [0.717, 1.165) is 33.7 Å². The Morgan fingerprint density at radius 2 is 1.75 bits per heavy atom. The summed E-state index contributed by atoms with van der Waals surface area (Å²) in [5.41, 5.74) is 2.71. The van der Waals surface area contributed by atoms with Gasteiger partial charge in [0.25, 0.3) is 0 Å². The van der Waals surface area contributed by atoms with E-state index in [4.69, 9.17) is 0 Å². The number of hydrogen-bond acceptors (Lipinski definition) is 5. The highest BCUT2D eigenvalue weighted by Gasteiger charge is 2.13. The summed E-state index contributed by atoms with van der Waals surface area (Å²) >= 11 is 0. The largest absolute Gasteiger partial charge is 0.364 e. The van der Waals surface area contributed by atoms with Crippen LogP contribution in [-0.2, 0) is 18.2 Å². The zero-order valence-corrected chi connectivity index (χ0v) is 15.6. The van der Waals surface area contributed by atoms with Crippen molar-refractivity contribution in [2.45, 2.75) is 20.4 Å². The molecule has 0 aliphatic carbocycles. The maximum atomic E-state index is 12.1. The first-order valence-corrected chi connectivity index (χ1v) is 10.4. The van der Waals surface area contributed by atoms with Gasteiger partial charge in [-0.1, -0.05) is 24.3 Å². The summed E-state index contributed by atoms with van der Waals surface area (Å²) in [6, 6.07) is 7.86. The average Bonchev–Trinajstić information content (AvgIpc) is 2.80. The number of anilines is 1. The van der Waals surface area contributed by atoms with Crippen molar-refractivity contribution in [1.29, 1.82) is 0 Å². The predicted molar refractivity (Wildman–Crippen MR) is 98.6 cm³/mol. The third-order valence-corrected chi connectivity index (χ3v) is 5.61. The zero-order chi connectivity index (χ0) is 17.5. The molecule has 24 heavy (non-hydrogen) atoms. The standard InChI is InChI=1S/C17H22N5OP/c1-11-19-16(15-17(20-11)22(3)12(2)21-15)18-10-13-6-8-14(9-7-13)24(4,5)23/h6-9H,10H2,1-5H3,(H,18,19,20). The van der Waals surface area contributed by atoms with Crippen molar-refractivity contribution >= 4 is 29.4 Å². The minimum absolute atomic E-state index is 0.624. The second-order valence-electron chi connectivity index (χ2n) is 6.38. The number of nitrogens with zero attached hydrogens (tertiary/aromatic N) is 4. The Hall–Kier alpha value is -2.20. The number of aromatic nitrogens is 4. The molecule has 2 heterocycles. The number of hydrogen-bond donors (Lipinski definition) is 1. The van der Waals surface area contributed by atoms with Gasteiger partial charge in [0.2, 0.25) is 0 Å². The topological polar surface area (TPSA) is 72.7 Å². The number of fused-ring (bicyclic) bond motifs is 1. The van der Waals surface area contributed by atoms with Crippen LogP contribution in [0.3, 0.4) is 0 Å². The molecule has 0 fully saturated rings. The maximum absolute atomic E-state index is 12.1. The summed E-state index contributed by atoms with van der Waals surface area (Å²) in [6.45, 7) is 8.02. The average molecular weight is 343 g/mol. The fourth-order valence-corrected chi connectivity index (χ4v) is 3.43. The van der Waals surface area contributed by atoms with Crippen LogP contribution < -0.4 is 10.6 Å². The van der Waals surface area contributed by atoms with E-state index in [2.05, 4.69) is 20.3 Å². The lowest BCUT2D eigenvalue weighted by Crippen LogP contribution is -2.07. The van der Waals surface area contributed by atoms with Gasteiger partial charge in [-0.3, -0.25) is 0 Å². The third kappa shape index (κ3) is 3.20. The molecule has 0 radical (unpaired) electrons. The summed E-state index contributed by atoms with van der Waals surface area (Å²) in [4.78, 5) is 13.5. The van der Waals surface area contributed by atoms with Gasteiger partial charge >= 0.3 is 0 Å². The zero-order valence-electron chi connectivity index (χ0n) is 14.7. The van der Waals surface area contributed by atoms with Crippen LogP contribution >= 0.6 is 7.14 Å². The SMILES string of the molecule is Cc1nc(NCc2ccc(P(C)(C)=O)cc2)c2nc(C)n(C)c2n1. The molecule has 1 aromatic carbocycles. The maximum Gasteiger partial charge on any atom is 0.165 e. The van der Waals surface area contributed by atoms with Gasteiger partial charge < -0.3 is 14.4 Å². The summed E-state index contributed by atoms with van der Waals surface area (Å²) in [5.74, 6) is 2.35. The minimum atomic E-state index is -2.21. The van der Waals surface area contributed by atoms with E-state index in [1.165, 1.54) is 0 Å². The first-order valence-electron chi connectivity index (χ1n) is 7.82. The molecule has 6 nitrogen and oxygen atoms in total. The van der Waals surface area contributed by atoms with E-state index >= 15 is 0 Å². The van der Waals surface area contributed by atoms with Gasteiger partial charge in [0.15, 0.2) is 17.0 Å². The van der Waals surface area contributed by atoms with Crippen LogP contribution in [-0.4, -0.2) is 32.8 Å². The van der Waals surface area contributed by atoms with Crippen LogP contribution in [0.5, 0.6) is 0 Å². The summed E-state index contributed by atoms with van der Waals surface area (Å²) < 4.78 is 14.0. The Labute approximate surface area is 141 Å². The van der Waals surface area contributed by atoms with E-state index in [9.17, 15) is 4.57 Å². The lowest BCUT2D eigenvalue weighted by Gasteiger charge is -2.10. The van der Waals surface area contributed by atoms with Crippen molar-refractivity contribution in [1.82, 2.24) is 19.5 Å². The van der Waals surface area contributed by atoms with Crippen LogP contribution in [0.4, 0.5) is 5.82 Å². The number of imidazole rings is 1. The first-order chi connectivity index (χ1) is 11.3. The van der Waals surface area contributed by atoms with Crippen LogP contribution in [0.25, 0.3) is 11.2 Å². The van der Waals surface area contributed by atoms with Crippen molar-refractivity contribution in [2.75, 3.05) is 18.6 Å². The fourth-order valence-electron chi connectivity index (χ4n) is 2.56. The molecule has 0 bridgehead atoms. The Morgan fingerprint density at radius 1 is 1.08 bits per heavy atom. The molecule has 0 saturated carbocycles. The van der Waals surface area contributed by atoms with Gasteiger partial charge in [0.05, 0.1) is 0 Å². The van der Waals surface area contributed by atoms with Crippen LogP contribution in [0.15, 0.2) is 24.3 Å². The Balaban J connectivity index is 1.86. The molecule has 0 unspecified atom stereocenters. The number of nitrogens with one attached hydrogen (secondary N) is 1. The lowest BCUT2D eigenvalue weighted by molar-refractivity contribution is 0.588. The molecule has 0 amide bonds. The van der Waals surface area contributed by atoms with E-state index < -0.39 is 7.14 Å². The second-order valence-corrected chi connectivity index (χ2v) is 9.60. The highest BCUT2D eigenvalue weighted by Crippen LogP contribution is 2.34. The molecule has 2 aromatic heterocycles. The Bertz CT molecular complexity index is 940. The monoisotopic (exact) mass is 343 g/mol. The van der Waals surface area contributed by atoms with Crippen molar-refractivity contribution in [3.8, 4) is 0 Å². The summed E-state index contributed by atoms with van der Waals surface area (Å²) in [5, 5.41) is 4.24. The van der Waals surface area contributed by atoms with E-state index in [0.29, 0.717) is 12.4 Å². The van der Waals surface area contributed by atoms with Crippen molar-refractivity contribution in [3.63, 3.8) is 0 Å². The Morgan fingerprint density at radius 3 is 2.38 bits per heavy atom. The molecule has 3 aromatic rings. The molecule has 126 valence electrons. The van der Waals surface area contributed by atoms with Gasteiger partial charge in [-0.05, 0) is 32.7 Å². The molecule has 0 spiro atoms. The van der Waals surface area contributed by atoms with E-state index in [1.54, 1.807) is 13.3 Å². The molecule has 3 rings (SSSR count). The molecular weight excluding hydrogens is 321 g/mol. The molecule has 7 heteroatoms.